The second-order valence-corrected chi connectivity index (χ2v) is 5.72. The van der Waals surface area contributed by atoms with Crippen molar-refractivity contribution in [1.29, 1.82) is 0 Å². The first-order chi connectivity index (χ1) is 10.4. The Hall–Kier alpha value is -1.95. The predicted octanol–water partition coefficient (Wildman–Crippen LogP) is 2.96. The van der Waals surface area contributed by atoms with Gasteiger partial charge in [-0.15, -0.1) is 11.3 Å². The second-order valence-electron chi connectivity index (χ2n) is 4.77. The number of aliphatic hydroxyl groups is 1. The van der Waals surface area contributed by atoms with E-state index in [1.54, 1.807) is 11.3 Å². The standard InChI is InChI=1S/C16H17N3OS/c20-11-14(12-5-2-1-3-6-12)17-9-13-10-18-19-16(13)15-7-4-8-21-15/h1-8,10,14,17,20H,9,11H2,(H,18,19)/t14-/m1/s1. The molecule has 21 heavy (non-hydrogen) atoms. The number of thiophene rings is 1. The first-order valence-corrected chi connectivity index (χ1v) is 7.71. The summed E-state index contributed by atoms with van der Waals surface area (Å²) in [5, 5.41) is 22.2. The van der Waals surface area contributed by atoms with Gasteiger partial charge in [-0.25, -0.2) is 0 Å². The molecule has 4 nitrogen and oxygen atoms in total. The lowest BCUT2D eigenvalue weighted by Gasteiger charge is -2.16. The number of nitrogens with one attached hydrogen (secondary N) is 2. The van der Waals surface area contributed by atoms with Gasteiger partial charge in [0, 0.05) is 12.1 Å². The van der Waals surface area contributed by atoms with E-state index in [-0.39, 0.29) is 12.6 Å². The molecular weight excluding hydrogens is 282 g/mol. The number of aromatic nitrogens is 2. The Morgan fingerprint density at radius 1 is 1.19 bits per heavy atom. The lowest BCUT2D eigenvalue weighted by molar-refractivity contribution is 0.243. The normalized spacial score (nSPS) is 12.4. The maximum absolute atomic E-state index is 9.58. The van der Waals surface area contributed by atoms with Crippen LogP contribution >= 0.6 is 11.3 Å². The zero-order chi connectivity index (χ0) is 14.5. The van der Waals surface area contributed by atoms with Crippen LogP contribution in [-0.4, -0.2) is 21.9 Å². The highest BCUT2D eigenvalue weighted by atomic mass is 32.1. The van der Waals surface area contributed by atoms with Crippen molar-refractivity contribution < 1.29 is 5.11 Å². The van der Waals surface area contributed by atoms with E-state index in [4.69, 9.17) is 0 Å². The van der Waals surface area contributed by atoms with Gasteiger partial charge in [-0.3, -0.25) is 5.10 Å². The van der Waals surface area contributed by atoms with Crippen molar-refractivity contribution in [3.63, 3.8) is 0 Å². The number of rotatable bonds is 6. The van der Waals surface area contributed by atoms with Gasteiger partial charge in [-0.2, -0.15) is 5.10 Å². The number of aliphatic hydroxyl groups excluding tert-OH is 1. The molecule has 108 valence electrons. The molecule has 3 N–H and O–H groups in total. The van der Waals surface area contributed by atoms with Gasteiger partial charge < -0.3 is 10.4 Å². The summed E-state index contributed by atoms with van der Waals surface area (Å²) in [5.74, 6) is 0. The fourth-order valence-corrected chi connectivity index (χ4v) is 3.04. The highest BCUT2D eigenvalue weighted by molar-refractivity contribution is 7.13. The Labute approximate surface area is 127 Å². The van der Waals surface area contributed by atoms with Gasteiger partial charge in [0.2, 0.25) is 0 Å². The zero-order valence-electron chi connectivity index (χ0n) is 11.5. The van der Waals surface area contributed by atoms with Crippen molar-refractivity contribution in [3.8, 4) is 10.6 Å². The Morgan fingerprint density at radius 2 is 2.05 bits per heavy atom. The summed E-state index contributed by atoms with van der Waals surface area (Å²) < 4.78 is 0. The fraction of sp³-hybridized carbons (Fsp3) is 0.188. The van der Waals surface area contributed by atoms with Crippen LogP contribution in [-0.2, 0) is 6.54 Å². The van der Waals surface area contributed by atoms with E-state index in [2.05, 4.69) is 21.6 Å². The average Bonchev–Trinajstić information content (AvgIpc) is 3.20. The highest BCUT2D eigenvalue weighted by Gasteiger charge is 2.12. The van der Waals surface area contributed by atoms with Crippen molar-refractivity contribution >= 4 is 11.3 Å². The predicted molar refractivity (Wildman–Crippen MR) is 85.0 cm³/mol. The quantitative estimate of drug-likeness (QED) is 0.656. The summed E-state index contributed by atoms with van der Waals surface area (Å²) in [4.78, 5) is 1.17. The van der Waals surface area contributed by atoms with E-state index in [9.17, 15) is 5.11 Å². The second kappa shape index (κ2) is 6.67. The highest BCUT2D eigenvalue weighted by Crippen LogP contribution is 2.26. The zero-order valence-corrected chi connectivity index (χ0v) is 12.3. The Morgan fingerprint density at radius 3 is 2.76 bits per heavy atom. The molecule has 2 aromatic heterocycles. The molecule has 0 saturated heterocycles. The molecule has 0 spiro atoms. The summed E-state index contributed by atoms with van der Waals surface area (Å²) in [6.45, 7) is 0.722. The molecule has 0 bridgehead atoms. The molecule has 0 amide bonds. The van der Waals surface area contributed by atoms with Gasteiger partial charge >= 0.3 is 0 Å². The maximum Gasteiger partial charge on any atom is 0.0794 e. The SMILES string of the molecule is OC[C@@H](NCc1cn[nH]c1-c1cccs1)c1ccccc1. The van der Waals surface area contributed by atoms with Crippen LogP contribution in [0.1, 0.15) is 17.2 Å². The van der Waals surface area contributed by atoms with Crippen LogP contribution in [0, 0.1) is 0 Å². The van der Waals surface area contributed by atoms with Gasteiger partial charge in [0.15, 0.2) is 0 Å². The Kier molecular flexibility index (Phi) is 4.45. The summed E-state index contributed by atoms with van der Waals surface area (Å²) in [5.41, 5.74) is 3.23. The van der Waals surface area contributed by atoms with Gasteiger partial charge in [0.05, 0.1) is 29.4 Å². The molecule has 0 aliphatic heterocycles. The van der Waals surface area contributed by atoms with Gasteiger partial charge in [0.25, 0.3) is 0 Å². The monoisotopic (exact) mass is 299 g/mol. The van der Waals surface area contributed by atoms with Crippen LogP contribution in [0.5, 0.6) is 0 Å². The molecule has 0 fully saturated rings. The van der Waals surface area contributed by atoms with E-state index < -0.39 is 0 Å². The van der Waals surface area contributed by atoms with Crippen LogP contribution in [0.2, 0.25) is 0 Å². The van der Waals surface area contributed by atoms with E-state index in [1.165, 1.54) is 4.88 Å². The third kappa shape index (κ3) is 3.21. The topological polar surface area (TPSA) is 60.9 Å². The van der Waals surface area contributed by atoms with E-state index in [0.29, 0.717) is 6.54 Å². The minimum Gasteiger partial charge on any atom is -0.394 e. The van der Waals surface area contributed by atoms with Crippen LogP contribution in [0.4, 0.5) is 0 Å². The van der Waals surface area contributed by atoms with Crippen LogP contribution < -0.4 is 5.32 Å². The summed E-state index contributed by atoms with van der Waals surface area (Å²) in [6.07, 6.45) is 1.83. The van der Waals surface area contributed by atoms with E-state index in [1.807, 2.05) is 48.0 Å². The number of nitrogens with zero attached hydrogens (tertiary/aromatic N) is 1. The number of hydrogen-bond acceptors (Lipinski definition) is 4. The van der Waals surface area contributed by atoms with Crippen molar-refractivity contribution in [3.05, 3.63) is 65.2 Å². The van der Waals surface area contributed by atoms with Crippen LogP contribution in [0.3, 0.4) is 0 Å². The lowest BCUT2D eigenvalue weighted by atomic mass is 10.1. The minimum atomic E-state index is -0.0720. The third-order valence-corrected chi connectivity index (χ3v) is 4.30. The molecule has 3 aromatic rings. The van der Waals surface area contributed by atoms with Gasteiger partial charge in [-0.1, -0.05) is 36.4 Å². The Bertz CT molecular complexity index is 664. The summed E-state index contributed by atoms with van der Waals surface area (Å²) >= 11 is 1.68. The molecule has 5 heteroatoms. The van der Waals surface area contributed by atoms with Crippen LogP contribution in [0.25, 0.3) is 10.6 Å². The van der Waals surface area contributed by atoms with Crippen molar-refractivity contribution in [1.82, 2.24) is 15.5 Å². The number of benzene rings is 1. The van der Waals surface area contributed by atoms with Gasteiger partial charge in [-0.05, 0) is 17.0 Å². The van der Waals surface area contributed by atoms with Crippen LogP contribution in [0.15, 0.2) is 54.0 Å². The Balaban J connectivity index is 1.72. The summed E-state index contributed by atoms with van der Waals surface area (Å²) in [6, 6.07) is 14.0. The van der Waals surface area contributed by atoms with E-state index >= 15 is 0 Å². The first kappa shape index (κ1) is 14.0. The maximum atomic E-state index is 9.58. The number of hydrogen-bond donors (Lipinski definition) is 3. The largest absolute Gasteiger partial charge is 0.394 e. The molecule has 0 aliphatic rings. The molecule has 0 radical (unpaired) electrons. The number of H-pyrrole nitrogens is 1. The molecular formula is C16H17N3OS. The first-order valence-electron chi connectivity index (χ1n) is 6.84. The fourth-order valence-electron chi connectivity index (χ4n) is 2.29. The summed E-state index contributed by atoms with van der Waals surface area (Å²) in [7, 11) is 0. The molecule has 3 rings (SSSR count). The number of aromatic amines is 1. The van der Waals surface area contributed by atoms with Gasteiger partial charge in [0.1, 0.15) is 0 Å². The lowest BCUT2D eigenvalue weighted by Crippen LogP contribution is -2.24. The minimum absolute atomic E-state index is 0.0657. The van der Waals surface area contributed by atoms with E-state index in [0.717, 1.165) is 16.8 Å². The molecule has 1 atom stereocenters. The smallest absolute Gasteiger partial charge is 0.0794 e. The average molecular weight is 299 g/mol. The molecule has 2 heterocycles. The molecule has 0 unspecified atom stereocenters. The van der Waals surface area contributed by atoms with Crippen molar-refractivity contribution in [2.45, 2.75) is 12.6 Å². The van der Waals surface area contributed by atoms with Crippen molar-refractivity contribution in [2.75, 3.05) is 6.61 Å². The third-order valence-electron chi connectivity index (χ3n) is 3.41. The molecule has 0 saturated carbocycles. The van der Waals surface area contributed by atoms with Crippen molar-refractivity contribution in [2.24, 2.45) is 0 Å². The molecule has 0 aliphatic carbocycles. The molecule has 1 aromatic carbocycles.